The summed E-state index contributed by atoms with van der Waals surface area (Å²) >= 11 is 1.10. The fourth-order valence-corrected chi connectivity index (χ4v) is 3.33. The molecule has 1 aliphatic carbocycles. The number of esters is 1. The van der Waals surface area contributed by atoms with Gasteiger partial charge in [-0.15, -0.1) is 0 Å². The molecule has 1 N–H and O–H groups in total. The fourth-order valence-electron chi connectivity index (χ4n) is 2.53. The summed E-state index contributed by atoms with van der Waals surface area (Å²) in [5.74, 6) is -0.592. The van der Waals surface area contributed by atoms with Gasteiger partial charge in [-0.1, -0.05) is 11.8 Å². The molecular formula is C18H20N4O3S. The minimum atomic E-state index is -0.854. The molecule has 0 bridgehead atoms. The van der Waals surface area contributed by atoms with Gasteiger partial charge in [-0.2, -0.15) is 10.5 Å². The third-order valence-corrected chi connectivity index (χ3v) is 5.15. The third-order valence-electron chi connectivity index (χ3n) is 4.16. The van der Waals surface area contributed by atoms with Gasteiger partial charge in [0, 0.05) is 0 Å². The Balaban J connectivity index is 2.08. The molecule has 1 aromatic heterocycles. The summed E-state index contributed by atoms with van der Waals surface area (Å²) in [5.41, 5.74) is 0.0298. The van der Waals surface area contributed by atoms with Crippen molar-refractivity contribution in [2.24, 2.45) is 5.92 Å². The summed E-state index contributed by atoms with van der Waals surface area (Å²) in [6, 6.07) is 5.60. The first-order chi connectivity index (χ1) is 12.3. The SMILES string of the molecule is CCOC(=O)c1cc(C#N)c(SCC(=O)N[C@@](C)(C#N)C2CC2)nc1C. The Morgan fingerprint density at radius 3 is 2.69 bits per heavy atom. The van der Waals surface area contributed by atoms with Crippen molar-refractivity contribution in [3.05, 3.63) is 22.9 Å². The number of carbonyl (C=O) groups excluding carboxylic acids is 2. The number of ether oxygens (including phenoxy) is 1. The quantitative estimate of drug-likeness (QED) is 0.577. The molecule has 8 heteroatoms. The second-order valence-corrected chi connectivity index (χ2v) is 7.20. The van der Waals surface area contributed by atoms with Crippen molar-refractivity contribution < 1.29 is 14.3 Å². The highest BCUT2D eigenvalue weighted by molar-refractivity contribution is 8.00. The summed E-state index contributed by atoms with van der Waals surface area (Å²) in [6.45, 7) is 5.31. The van der Waals surface area contributed by atoms with Gasteiger partial charge in [-0.25, -0.2) is 9.78 Å². The highest BCUT2D eigenvalue weighted by Gasteiger charge is 2.42. The number of aryl methyl sites for hydroxylation is 1. The predicted octanol–water partition coefficient (Wildman–Crippen LogP) is 2.34. The summed E-state index contributed by atoms with van der Waals surface area (Å²) in [6.07, 6.45) is 1.87. The lowest BCUT2D eigenvalue weighted by atomic mass is 9.98. The highest BCUT2D eigenvalue weighted by atomic mass is 32.2. The molecule has 0 spiro atoms. The number of hydrogen-bond acceptors (Lipinski definition) is 7. The Hall–Kier alpha value is -2.58. The van der Waals surface area contributed by atoms with Crippen LogP contribution in [0.4, 0.5) is 0 Å². The molecule has 2 rings (SSSR count). The Morgan fingerprint density at radius 2 is 2.15 bits per heavy atom. The van der Waals surface area contributed by atoms with Crippen molar-refractivity contribution in [2.45, 2.75) is 44.2 Å². The molecule has 1 atom stereocenters. The summed E-state index contributed by atoms with van der Waals surface area (Å²) in [5, 5.41) is 21.8. The van der Waals surface area contributed by atoms with Crippen molar-refractivity contribution >= 4 is 23.6 Å². The van der Waals surface area contributed by atoms with E-state index in [1.807, 2.05) is 6.07 Å². The Kier molecular flexibility index (Phi) is 6.23. The number of nitrogens with one attached hydrogen (secondary N) is 1. The number of carbonyl (C=O) groups is 2. The van der Waals surface area contributed by atoms with Crippen LogP contribution in [0.3, 0.4) is 0 Å². The summed E-state index contributed by atoms with van der Waals surface area (Å²) < 4.78 is 4.95. The number of hydrogen-bond donors (Lipinski definition) is 1. The number of aromatic nitrogens is 1. The van der Waals surface area contributed by atoms with Crippen LogP contribution in [0.1, 0.15) is 48.3 Å². The van der Waals surface area contributed by atoms with E-state index in [9.17, 15) is 20.1 Å². The van der Waals surface area contributed by atoms with E-state index in [1.54, 1.807) is 20.8 Å². The molecule has 1 aliphatic rings. The topological polar surface area (TPSA) is 116 Å². The largest absolute Gasteiger partial charge is 0.462 e. The second-order valence-electron chi connectivity index (χ2n) is 6.23. The van der Waals surface area contributed by atoms with Gasteiger partial charge in [0.2, 0.25) is 5.91 Å². The lowest BCUT2D eigenvalue weighted by Crippen LogP contribution is -2.47. The van der Waals surface area contributed by atoms with Gasteiger partial charge in [0.15, 0.2) is 0 Å². The van der Waals surface area contributed by atoms with Crippen LogP contribution in [0.15, 0.2) is 11.1 Å². The lowest BCUT2D eigenvalue weighted by Gasteiger charge is -2.22. The van der Waals surface area contributed by atoms with Crippen LogP contribution in [-0.2, 0) is 9.53 Å². The van der Waals surface area contributed by atoms with E-state index in [-0.39, 0.29) is 35.3 Å². The number of nitrogens with zero attached hydrogens (tertiary/aromatic N) is 3. The molecule has 0 unspecified atom stereocenters. The molecule has 0 saturated heterocycles. The number of amides is 1. The van der Waals surface area contributed by atoms with Crippen LogP contribution in [0, 0.1) is 35.5 Å². The predicted molar refractivity (Wildman–Crippen MR) is 95.3 cm³/mol. The highest BCUT2D eigenvalue weighted by Crippen LogP contribution is 2.39. The van der Waals surface area contributed by atoms with Crippen molar-refractivity contribution in [1.29, 1.82) is 10.5 Å². The average molecular weight is 372 g/mol. The molecule has 0 aromatic carbocycles. The van der Waals surface area contributed by atoms with Crippen molar-refractivity contribution in [3.63, 3.8) is 0 Å². The van der Waals surface area contributed by atoms with E-state index < -0.39 is 11.5 Å². The number of thioether (sulfide) groups is 1. The second kappa shape index (κ2) is 8.20. The summed E-state index contributed by atoms with van der Waals surface area (Å²) in [4.78, 5) is 28.4. The van der Waals surface area contributed by atoms with Crippen molar-refractivity contribution in [3.8, 4) is 12.1 Å². The minimum Gasteiger partial charge on any atom is -0.462 e. The Morgan fingerprint density at radius 1 is 1.46 bits per heavy atom. The van der Waals surface area contributed by atoms with Crippen LogP contribution < -0.4 is 5.32 Å². The average Bonchev–Trinajstić information content (AvgIpc) is 3.45. The van der Waals surface area contributed by atoms with Crippen LogP contribution in [0.25, 0.3) is 0 Å². The fraction of sp³-hybridized carbons (Fsp3) is 0.500. The van der Waals surface area contributed by atoms with Crippen LogP contribution in [0.5, 0.6) is 0 Å². The van der Waals surface area contributed by atoms with E-state index >= 15 is 0 Å². The van der Waals surface area contributed by atoms with E-state index in [0.717, 1.165) is 24.6 Å². The van der Waals surface area contributed by atoms with Gasteiger partial charge >= 0.3 is 5.97 Å². The van der Waals surface area contributed by atoms with E-state index in [2.05, 4.69) is 16.4 Å². The van der Waals surface area contributed by atoms with Gasteiger partial charge in [0.1, 0.15) is 16.6 Å². The molecule has 1 amide bonds. The molecular weight excluding hydrogens is 352 g/mol. The van der Waals surface area contributed by atoms with Crippen LogP contribution >= 0.6 is 11.8 Å². The Labute approximate surface area is 156 Å². The van der Waals surface area contributed by atoms with Gasteiger partial charge in [-0.05, 0) is 45.6 Å². The van der Waals surface area contributed by atoms with Gasteiger partial charge in [0.25, 0.3) is 0 Å². The molecule has 26 heavy (non-hydrogen) atoms. The lowest BCUT2D eigenvalue weighted by molar-refractivity contribution is -0.119. The smallest absolute Gasteiger partial charge is 0.340 e. The Bertz CT molecular complexity index is 808. The molecule has 136 valence electrons. The standard InChI is InChI=1S/C18H20N4O3S/c1-4-25-17(24)14-7-12(8-19)16(21-11(14)2)26-9-15(23)22-18(3,10-20)13-5-6-13/h7,13H,4-6,9H2,1-3H3,(H,22,23)/t18-/m0/s1. The zero-order chi connectivity index (χ0) is 19.3. The maximum atomic E-state index is 12.2. The normalized spacial score (nSPS) is 15.3. The monoisotopic (exact) mass is 372 g/mol. The van der Waals surface area contributed by atoms with E-state index in [4.69, 9.17) is 4.74 Å². The van der Waals surface area contributed by atoms with Gasteiger partial charge in [0.05, 0.1) is 35.2 Å². The van der Waals surface area contributed by atoms with Crippen molar-refractivity contribution in [2.75, 3.05) is 12.4 Å². The molecule has 1 heterocycles. The first-order valence-electron chi connectivity index (χ1n) is 8.28. The molecule has 7 nitrogen and oxygen atoms in total. The molecule has 0 aliphatic heterocycles. The minimum absolute atomic E-state index is 0.0316. The number of rotatable bonds is 7. The maximum Gasteiger partial charge on any atom is 0.340 e. The first-order valence-corrected chi connectivity index (χ1v) is 9.27. The zero-order valence-electron chi connectivity index (χ0n) is 15.0. The number of pyridine rings is 1. The molecule has 1 fully saturated rings. The molecule has 0 radical (unpaired) electrons. The maximum absolute atomic E-state index is 12.2. The van der Waals surface area contributed by atoms with Gasteiger partial charge < -0.3 is 10.1 Å². The molecule has 1 saturated carbocycles. The summed E-state index contributed by atoms with van der Waals surface area (Å²) in [7, 11) is 0. The van der Waals surface area contributed by atoms with Crippen LogP contribution in [-0.4, -0.2) is 34.8 Å². The van der Waals surface area contributed by atoms with Crippen molar-refractivity contribution in [1.82, 2.24) is 10.3 Å². The van der Waals surface area contributed by atoms with Crippen LogP contribution in [0.2, 0.25) is 0 Å². The third kappa shape index (κ3) is 4.53. The van der Waals surface area contributed by atoms with Gasteiger partial charge in [-0.3, -0.25) is 4.79 Å². The van der Waals surface area contributed by atoms with E-state index in [1.165, 1.54) is 6.07 Å². The van der Waals surface area contributed by atoms with E-state index in [0.29, 0.717) is 10.7 Å². The first kappa shape index (κ1) is 19.7. The molecule has 1 aromatic rings. The zero-order valence-corrected chi connectivity index (χ0v) is 15.8. The number of nitriles is 2.